The Bertz CT molecular complexity index is 1860. The molecule has 0 saturated carbocycles. The highest BCUT2D eigenvalue weighted by atomic mass is 16.3. The van der Waals surface area contributed by atoms with Crippen molar-refractivity contribution in [2.24, 2.45) is 0 Å². The van der Waals surface area contributed by atoms with E-state index in [9.17, 15) is 10.2 Å². The van der Waals surface area contributed by atoms with Gasteiger partial charge in [0.25, 0.3) is 0 Å². The van der Waals surface area contributed by atoms with Crippen LogP contribution >= 0.6 is 0 Å². The van der Waals surface area contributed by atoms with Gasteiger partial charge in [-0.15, -0.1) is 0 Å². The average Bonchev–Trinajstić information content (AvgIpc) is 3.30. The predicted octanol–water partition coefficient (Wildman–Crippen LogP) is 9.30. The lowest BCUT2D eigenvalue weighted by atomic mass is 9.68. The second kappa shape index (κ2) is 9.83. The molecule has 0 saturated heterocycles. The molecule has 0 bridgehead atoms. The van der Waals surface area contributed by atoms with E-state index >= 15 is 0 Å². The van der Waals surface area contributed by atoms with Crippen LogP contribution in [-0.2, 0) is 11.8 Å². The molecule has 6 aromatic rings. The maximum atomic E-state index is 11.1. The molecule has 0 unspecified atom stereocenters. The van der Waals surface area contributed by atoms with Crippen LogP contribution in [0.15, 0.2) is 140 Å². The Balaban J connectivity index is 1.49. The van der Waals surface area contributed by atoms with Gasteiger partial charge in [-0.25, -0.2) is 0 Å². The normalized spacial score (nSPS) is 13.0. The van der Waals surface area contributed by atoms with Crippen LogP contribution in [0.3, 0.4) is 0 Å². The molecule has 0 fully saturated rings. The molecule has 2 N–H and O–H groups in total. The molecule has 0 radical (unpaired) electrons. The van der Waals surface area contributed by atoms with E-state index in [1.165, 1.54) is 22.3 Å². The summed E-state index contributed by atoms with van der Waals surface area (Å²) in [4.78, 5) is 0. The quantitative estimate of drug-likeness (QED) is 0.233. The van der Waals surface area contributed by atoms with Crippen LogP contribution in [0.4, 0.5) is 0 Å². The van der Waals surface area contributed by atoms with Crippen LogP contribution in [0.1, 0.15) is 27.8 Å². The SMILES string of the molecule is Cc1ccccc1-c1cc(C2(Cc3ccc(O)c(-c4ccccc4)c3)c3ccccc3-c3ccccc32)ccc1O. The fourth-order valence-electron chi connectivity index (χ4n) is 6.67. The van der Waals surface area contributed by atoms with Crippen molar-refractivity contribution in [2.45, 2.75) is 18.8 Å². The van der Waals surface area contributed by atoms with Crippen LogP contribution in [-0.4, -0.2) is 10.2 Å². The largest absolute Gasteiger partial charge is 0.507 e. The molecule has 198 valence electrons. The second-order valence-corrected chi connectivity index (χ2v) is 10.9. The predicted molar refractivity (Wildman–Crippen MR) is 167 cm³/mol. The highest BCUT2D eigenvalue weighted by Crippen LogP contribution is 2.55. The van der Waals surface area contributed by atoms with Gasteiger partial charge >= 0.3 is 0 Å². The van der Waals surface area contributed by atoms with E-state index < -0.39 is 5.41 Å². The first kappa shape index (κ1) is 24.9. The van der Waals surface area contributed by atoms with Gasteiger partial charge < -0.3 is 10.2 Å². The summed E-state index contributed by atoms with van der Waals surface area (Å²) in [5, 5.41) is 21.9. The Labute approximate surface area is 240 Å². The van der Waals surface area contributed by atoms with Crippen molar-refractivity contribution in [1.82, 2.24) is 0 Å². The third-order valence-electron chi connectivity index (χ3n) is 8.60. The second-order valence-electron chi connectivity index (χ2n) is 10.9. The van der Waals surface area contributed by atoms with Gasteiger partial charge in [0.15, 0.2) is 0 Å². The Morgan fingerprint density at radius 3 is 1.73 bits per heavy atom. The summed E-state index contributed by atoms with van der Waals surface area (Å²) in [6, 6.07) is 47.7. The summed E-state index contributed by atoms with van der Waals surface area (Å²) in [6.45, 7) is 2.08. The average molecular weight is 531 g/mol. The first-order valence-electron chi connectivity index (χ1n) is 14.0. The van der Waals surface area contributed by atoms with Crippen molar-refractivity contribution in [3.05, 3.63) is 167 Å². The van der Waals surface area contributed by atoms with Gasteiger partial charge in [-0.05, 0) is 87.7 Å². The van der Waals surface area contributed by atoms with Crippen LogP contribution in [0.2, 0.25) is 0 Å². The third kappa shape index (κ3) is 4.03. The molecule has 2 nitrogen and oxygen atoms in total. The van der Waals surface area contributed by atoms with Gasteiger partial charge in [-0.2, -0.15) is 0 Å². The van der Waals surface area contributed by atoms with Gasteiger partial charge in [0.05, 0.1) is 5.41 Å². The van der Waals surface area contributed by atoms with E-state index in [0.717, 1.165) is 38.9 Å². The van der Waals surface area contributed by atoms with Gasteiger partial charge in [0, 0.05) is 11.1 Å². The minimum Gasteiger partial charge on any atom is -0.507 e. The molecule has 1 aliphatic carbocycles. The number of hydrogen-bond donors (Lipinski definition) is 2. The number of rotatable bonds is 5. The Kier molecular flexibility index (Phi) is 5.98. The van der Waals surface area contributed by atoms with E-state index in [0.29, 0.717) is 6.42 Å². The molecule has 2 heteroatoms. The van der Waals surface area contributed by atoms with E-state index in [2.05, 4.69) is 85.8 Å². The van der Waals surface area contributed by atoms with Crippen LogP contribution in [0.5, 0.6) is 11.5 Å². The van der Waals surface area contributed by atoms with E-state index in [-0.39, 0.29) is 11.5 Å². The highest BCUT2D eigenvalue weighted by molar-refractivity contribution is 5.85. The van der Waals surface area contributed by atoms with Gasteiger partial charge in [0.1, 0.15) is 11.5 Å². The highest BCUT2D eigenvalue weighted by Gasteiger charge is 2.44. The molecule has 0 amide bonds. The molecule has 41 heavy (non-hydrogen) atoms. The van der Waals surface area contributed by atoms with Gasteiger partial charge in [-0.1, -0.05) is 115 Å². The van der Waals surface area contributed by atoms with E-state index in [1.807, 2.05) is 60.7 Å². The maximum absolute atomic E-state index is 11.1. The number of hydrogen-bond acceptors (Lipinski definition) is 2. The third-order valence-corrected chi connectivity index (χ3v) is 8.60. The fraction of sp³-hybridized carbons (Fsp3) is 0.0769. The number of aryl methyl sites for hydroxylation is 1. The Morgan fingerprint density at radius 1 is 0.488 bits per heavy atom. The van der Waals surface area contributed by atoms with E-state index in [1.54, 1.807) is 0 Å². The fourth-order valence-corrected chi connectivity index (χ4v) is 6.67. The number of phenols is 2. The number of aromatic hydroxyl groups is 2. The number of benzene rings is 6. The summed E-state index contributed by atoms with van der Waals surface area (Å²) in [6.07, 6.45) is 0.694. The summed E-state index contributed by atoms with van der Waals surface area (Å²) in [5.74, 6) is 0.543. The van der Waals surface area contributed by atoms with Gasteiger partial charge in [-0.3, -0.25) is 0 Å². The molecule has 6 aromatic carbocycles. The molecule has 0 aromatic heterocycles. The molecule has 0 spiro atoms. The Morgan fingerprint density at radius 2 is 1.05 bits per heavy atom. The molecule has 0 atom stereocenters. The minimum atomic E-state index is -0.497. The lowest BCUT2D eigenvalue weighted by Crippen LogP contribution is -2.30. The van der Waals surface area contributed by atoms with Crippen molar-refractivity contribution in [2.75, 3.05) is 0 Å². The van der Waals surface area contributed by atoms with Crippen molar-refractivity contribution in [1.29, 1.82) is 0 Å². The molecule has 1 aliphatic rings. The van der Waals surface area contributed by atoms with Crippen LogP contribution < -0.4 is 0 Å². The lowest BCUT2D eigenvalue weighted by molar-refractivity contribution is 0.475. The molecular weight excluding hydrogens is 500 g/mol. The monoisotopic (exact) mass is 530 g/mol. The molecule has 0 heterocycles. The zero-order chi connectivity index (χ0) is 28.0. The Hall–Kier alpha value is -5.08. The first-order valence-corrected chi connectivity index (χ1v) is 14.0. The van der Waals surface area contributed by atoms with Crippen molar-refractivity contribution in [3.63, 3.8) is 0 Å². The number of fused-ring (bicyclic) bond motifs is 3. The summed E-state index contributed by atoms with van der Waals surface area (Å²) in [7, 11) is 0. The lowest BCUT2D eigenvalue weighted by Gasteiger charge is -2.34. The van der Waals surface area contributed by atoms with Crippen molar-refractivity contribution in [3.8, 4) is 44.9 Å². The minimum absolute atomic E-state index is 0.271. The summed E-state index contributed by atoms with van der Waals surface area (Å²) < 4.78 is 0. The smallest absolute Gasteiger partial charge is 0.123 e. The summed E-state index contributed by atoms with van der Waals surface area (Å²) >= 11 is 0. The standard InChI is InChI=1S/C39H30O2/c1-26-11-5-6-14-30(26)34-24-29(20-22-38(34)41)39(35-17-9-7-15-31(35)32-16-8-10-18-36(32)39)25-27-19-21-37(40)33(23-27)28-12-3-2-4-13-28/h2-24,40-41H,25H2,1H3. The summed E-state index contributed by atoms with van der Waals surface area (Å²) in [5.41, 5.74) is 11.5. The topological polar surface area (TPSA) is 40.5 Å². The van der Waals surface area contributed by atoms with Crippen molar-refractivity contribution >= 4 is 0 Å². The molecule has 0 aliphatic heterocycles. The van der Waals surface area contributed by atoms with Gasteiger partial charge in [0.2, 0.25) is 0 Å². The maximum Gasteiger partial charge on any atom is 0.123 e. The van der Waals surface area contributed by atoms with Crippen molar-refractivity contribution < 1.29 is 10.2 Å². The number of phenolic OH excluding ortho intramolecular Hbond substituents is 2. The zero-order valence-corrected chi connectivity index (χ0v) is 22.9. The van der Waals surface area contributed by atoms with Crippen LogP contribution in [0, 0.1) is 6.92 Å². The molecular formula is C39H30O2. The molecule has 7 rings (SSSR count). The van der Waals surface area contributed by atoms with Crippen LogP contribution in [0.25, 0.3) is 33.4 Å². The zero-order valence-electron chi connectivity index (χ0n) is 22.9. The first-order chi connectivity index (χ1) is 20.1. The van der Waals surface area contributed by atoms with E-state index in [4.69, 9.17) is 0 Å².